The third kappa shape index (κ3) is 2.57. The zero-order valence-corrected chi connectivity index (χ0v) is 10.5. The van der Waals surface area contributed by atoms with Crippen molar-refractivity contribution in [2.75, 3.05) is 6.54 Å². The van der Waals surface area contributed by atoms with Gasteiger partial charge in [0.15, 0.2) is 5.78 Å². The molecule has 90 valence electrons. The molecule has 0 spiro atoms. The molecule has 3 rings (SSSR count). The molecule has 1 aromatic carbocycles. The van der Waals surface area contributed by atoms with E-state index in [0.29, 0.717) is 12.5 Å². The fourth-order valence-electron chi connectivity index (χ4n) is 2.23. The molecule has 1 aromatic rings. The largest absolute Gasteiger partial charge is 0.363 e. The van der Waals surface area contributed by atoms with Gasteiger partial charge in [0.1, 0.15) is 0 Å². The van der Waals surface area contributed by atoms with E-state index in [1.807, 2.05) is 26.0 Å². The van der Waals surface area contributed by atoms with Crippen LogP contribution in [0.25, 0.3) is 0 Å². The molecule has 2 heteroatoms. The molecule has 0 aromatic heterocycles. The van der Waals surface area contributed by atoms with E-state index in [1.54, 1.807) is 0 Å². The summed E-state index contributed by atoms with van der Waals surface area (Å²) < 4.78 is 0. The molecule has 2 nitrogen and oxygen atoms in total. The molecular weight excluding hydrogens is 210 g/mol. The summed E-state index contributed by atoms with van der Waals surface area (Å²) in [5.74, 6) is 0.281. The van der Waals surface area contributed by atoms with Gasteiger partial charge < -0.3 is 4.90 Å². The molecule has 0 N–H and O–H groups in total. The highest BCUT2D eigenvalue weighted by atomic mass is 16.1. The Balaban J connectivity index is 0.000000514. The lowest BCUT2D eigenvalue weighted by Crippen LogP contribution is -1.95. The lowest BCUT2D eigenvalue weighted by molar-refractivity contribution is -0.114. The molecule has 1 atom stereocenters. The van der Waals surface area contributed by atoms with Crippen LogP contribution >= 0.6 is 0 Å². The van der Waals surface area contributed by atoms with Gasteiger partial charge in [-0.25, -0.2) is 0 Å². The predicted octanol–water partition coefficient (Wildman–Crippen LogP) is 3.32. The molecule has 0 radical (unpaired) electrons. The molecule has 0 saturated carbocycles. The van der Waals surface area contributed by atoms with E-state index in [1.165, 1.54) is 11.3 Å². The van der Waals surface area contributed by atoms with Gasteiger partial charge >= 0.3 is 0 Å². The highest BCUT2D eigenvalue weighted by molar-refractivity contribution is 5.92. The monoisotopic (exact) mass is 229 g/mol. The number of rotatable bonds is 2. The molecule has 2 aliphatic rings. The van der Waals surface area contributed by atoms with Crippen molar-refractivity contribution in [1.82, 2.24) is 4.90 Å². The summed E-state index contributed by atoms with van der Waals surface area (Å²) in [6.45, 7) is 5.07. The van der Waals surface area contributed by atoms with Gasteiger partial charge in [0, 0.05) is 24.7 Å². The standard InChI is InChI=1S/C13H13NO.C2H6/c15-12-7-6-11(8-12)14-9-13(14)10-4-2-1-3-5-10;1-2/h1-5,8,13H,6-7,9H2;1-2H3. The fraction of sp³-hybridized carbons (Fsp3) is 0.400. The Labute approximate surface area is 103 Å². The van der Waals surface area contributed by atoms with Crippen molar-refractivity contribution in [3.63, 3.8) is 0 Å². The first-order valence-corrected chi connectivity index (χ1v) is 6.39. The van der Waals surface area contributed by atoms with E-state index >= 15 is 0 Å². The van der Waals surface area contributed by atoms with Crippen molar-refractivity contribution in [3.05, 3.63) is 47.7 Å². The summed E-state index contributed by atoms with van der Waals surface area (Å²) in [6, 6.07) is 11.0. The third-order valence-electron chi connectivity index (χ3n) is 3.12. The van der Waals surface area contributed by atoms with Crippen LogP contribution in [-0.4, -0.2) is 17.2 Å². The number of hydrogen-bond acceptors (Lipinski definition) is 2. The van der Waals surface area contributed by atoms with Crippen LogP contribution in [0.4, 0.5) is 0 Å². The van der Waals surface area contributed by atoms with Gasteiger partial charge in [-0.05, 0) is 12.0 Å². The minimum atomic E-state index is 0.281. The molecule has 1 fully saturated rings. The highest BCUT2D eigenvalue weighted by Crippen LogP contribution is 2.41. The Hall–Kier alpha value is -1.57. The molecule has 1 aliphatic carbocycles. The first kappa shape index (κ1) is 11.9. The van der Waals surface area contributed by atoms with E-state index in [9.17, 15) is 4.79 Å². The minimum absolute atomic E-state index is 0.281. The predicted molar refractivity (Wildman–Crippen MR) is 69.6 cm³/mol. The van der Waals surface area contributed by atoms with E-state index in [0.717, 1.165) is 13.0 Å². The van der Waals surface area contributed by atoms with Crippen LogP contribution in [0.2, 0.25) is 0 Å². The van der Waals surface area contributed by atoms with Crippen LogP contribution in [-0.2, 0) is 4.79 Å². The van der Waals surface area contributed by atoms with Crippen molar-refractivity contribution in [1.29, 1.82) is 0 Å². The first-order chi connectivity index (χ1) is 8.34. The summed E-state index contributed by atoms with van der Waals surface area (Å²) in [5, 5.41) is 0. The Kier molecular flexibility index (Phi) is 3.62. The second-order valence-electron chi connectivity index (χ2n) is 4.18. The Morgan fingerprint density at radius 3 is 2.41 bits per heavy atom. The second-order valence-corrected chi connectivity index (χ2v) is 4.18. The molecule has 1 unspecified atom stereocenters. The average molecular weight is 229 g/mol. The molecule has 0 bridgehead atoms. The van der Waals surface area contributed by atoms with Crippen LogP contribution in [0.5, 0.6) is 0 Å². The molecule has 1 saturated heterocycles. The molecule has 0 amide bonds. The maximum Gasteiger partial charge on any atom is 0.157 e. The van der Waals surface area contributed by atoms with Crippen LogP contribution < -0.4 is 0 Å². The smallest absolute Gasteiger partial charge is 0.157 e. The topological polar surface area (TPSA) is 20.1 Å². The third-order valence-corrected chi connectivity index (χ3v) is 3.12. The van der Waals surface area contributed by atoms with E-state index in [2.05, 4.69) is 29.2 Å². The van der Waals surface area contributed by atoms with Gasteiger partial charge in [0.25, 0.3) is 0 Å². The molecule has 17 heavy (non-hydrogen) atoms. The number of carbonyl (C=O) groups excluding carboxylic acids is 1. The van der Waals surface area contributed by atoms with Gasteiger partial charge in [0.2, 0.25) is 0 Å². The number of benzene rings is 1. The number of allylic oxidation sites excluding steroid dienone is 2. The van der Waals surface area contributed by atoms with E-state index in [4.69, 9.17) is 0 Å². The normalized spacial score (nSPS) is 21.8. The van der Waals surface area contributed by atoms with Gasteiger partial charge in [-0.3, -0.25) is 4.79 Å². The van der Waals surface area contributed by atoms with Crippen molar-refractivity contribution in [2.45, 2.75) is 32.7 Å². The Bertz CT molecular complexity index is 422. The van der Waals surface area contributed by atoms with E-state index in [-0.39, 0.29) is 5.78 Å². The molecule has 1 aliphatic heterocycles. The SMILES string of the molecule is CC.O=C1C=C(N2CC2c2ccccc2)CC1. The highest BCUT2D eigenvalue weighted by Gasteiger charge is 2.38. The van der Waals surface area contributed by atoms with Crippen LogP contribution in [0, 0.1) is 0 Å². The summed E-state index contributed by atoms with van der Waals surface area (Å²) in [4.78, 5) is 13.4. The van der Waals surface area contributed by atoms with Gasteiger partial charge in [-0.1, -0.05) is 44.2 Å². The quantitative estimate of drug-likeness (QED) is 0.725. The Morgan fingerprint density at radius 1 is 1.12 bits per heavy atom. The first-order valence-electron chi connectivity index (χ1n) is 6.39. The van der Waals surface area contributed by atoms with Crippen molar-refractivity contribution in [3.8, 4) is 0 Å². The molecular formula is C15H19NO. The van der Waals surface area contributed by atoms with Crippen LogP contribution in [0.3, 0.4) is 0 Å². The zero-order chi connectivity index (χ0) is 12.3. The Morgan fingerprint density at radius 2 is 1.82 bits per heavy atom. The van der Waals surface area contributed by atoms with Gasteiger partial charge in [0.05, 0.1) is 6.04 Å². The summed E-state index contributed by atoms with van der Waals surface area (Å²) in [7, 11) is 0. The van der Waals surface area contributed by atoms with Crippen molar-refractivity contribution < 1.29 is 4.79 Å². The summed E-state index contributed by atoms with van der Waals surface area (Å²) >= 11 is 0. The maximum atomic E-state index is 11.1. The maximum absolute atomic E-state index is 11.1. The van der Waals surface area contributed by atoms with Crippen LogP contribution in [0.1, 0.15) is 38.3 Å². The lowest BCUT2D eigenvalue weighted by Gasteiger charge is -2.05. The van der Waals surface area contributed by atoms with Gasteiger partial charge in [-0.15, -0.1) is 0 Å². The minimum Gasteiger partial charge on any atom is -0.363 e. The number of carbonyl (C=O) groups is 1. The van der Waals surface area contributed by atoms with Crippen molar-refractivity contribution >= 4 is 5.78 Å². The van der Waals surface area contributed by atoms with Crippen LogP contribution in [0.15, 0.2) is 42.1 Å². The lowest BCUT2D eigenvalue weighted by atomic mass is 10.2. The number of ketones is 1. The average Bonchev–Trinajstić information content (AvgIpc) is 3.09. The number of nitrogens with zero attached hydrogens (tertiary/aromatic N) is 1. The number of hydrogen-bond donors (Lipinski definition) is 0. The van der Waals surface area contributed by atoms with Crippen molar-refractivity contribution in [2.24, 2.45) is 0 Å². The fourth-order valence-corrected chi connectivity index (χ4v) is 2.23. The molecule has 1 heterocycles. The summed E-state index contributed by atoms with van der Waals surface area (Å²) in [6.07, 6.45) is 3.44. The second kappa shape index (κ2) is 5.17. The zero-order valence-electron chi connectivity index (χ0n) is 10.5. The summed E-state index contributed by atoms with van der Waals surface area (Å²) in [5.41, 5.74) is 2.59. The van der Waals surface area contributed by atoms with E-state index < -0.39 is 0 Å². The van der Waals surface area contributed by atoms with Gasteiger partial charge in [-0.2, -0.15) is 0 Å².